The fourth-order valence-electron chi connectivity index (χ4n) is 2.32. The van der Waals surface area contributed by atoms with E-state index < -0.39 is 9.84 Å². The van der Waals surface area contributed by atoms with E-state index in [1.165, 1.54) is 6.26 Å². The summed E-state index contributed by atoms with van der Waals surface area (Å²) in [6.07, 6.45) is 3.29. The van der Waals surface area contributed by atoms with Gasteiger partial charge in [0.2, 0.25) is 0 Å². The Kier molecular flexibility index (Phi) is 4.60. The molecule has 0 radical (unpaired) electrons. The van der Waals surface area contributed by atoms with Crippen LogP contribution >= 0.6 is 0 Å². The molecule has 106 valence electrons. The van der Waals surface area contributed by atoms with Gasteiger partial charge >= 0.3 is 0 Å². The molecule has 0 aliphatic carbocycles. The van der Waals surface area contributed by atoms with Crippen molar-refractivity contribution in [3.05, 3.63) is 29.8 Å². The second kappa shape index (κ2) is 6.03. The van der Waals surface area contributed by atoms with Crippen LogP contribution in [0.25, 0.3) is 0 Å². The van der Waals surface area contributed by atoms with Gasteiger partial charge in [-0.05, 0) is 37.5 Å². The SMILES string of the molecule is CC(NC1CCOCC1)c1ccc(S(C)(=O)=O)cc1. The smallest absolute Gasteiger partial charge is 0.175 e. The topological polar surface area (TPSA) is 55.4 Å². The van der Waals surface area contributed by atoms with E-state index in [0.717, 1.165) is 31.6 Å². The average molecular weight is 283 g/mol. The van der Waals surface area contributed by atoms with Crippen molar-refractivity contribution in [2.45, 2.75) is 36.7 Å². The van der Waals surface area contributed by atoms with Crippen LogP contribution in [-0.2, 0) is 14.6 Å². The largest absolute Gasteiger partial charge is 0.381 e. The minimum atomic E-state index is -3.11. The maximum absolute atomic E-state index is 11.4. The molecule has 0 aromatic heterocycles. The van der Waals surface area contributed by atoms with Crippen LogP contribution in [0, 0.1) is 0 Å². The first-order valence-corrected chi connectivity index (χ1v) is 8.50. The molecule has 0 amide bonds. The third kappa shape index (κ3) is 4.03. The summed E-state index contributed by atoms with van der Waals surface area (Å²) >= 11 is 0. The number of sulfone groups is 1. The summed E-state index contributed by atoms with van der Waals surface area (Å²) in [5, 5.41) is 3.56. The lowest BCUT2D eigenvalue weighted by molar-refractivity contribution is 0.0754. The number of hydrogen-bond donors (Lipinski definition) is 1. The van der Waals surface area contributed by atoms with Crippen molar-refractivity contribution in [3.8, 4) is 0 Å². The molecule has 1 atom stereocenters. The Morgan fingerprint density at radius 2 is 1.79 bits per heavy atom. The molecule has 5 heteroatoms. The third-order valence-electron chi connectivity index (χ3n) is 3.52. The van der Waals surface area contributed by atoms with Gasteiger partial charge < -0.3 is 10.1 Å². The molecule has 1 fully saturated rings. The van der Waals surface area contributed by atoms with E-state index in [-0.39, 0.29) is 6.04 Å². The first kappa shape index (κ1) is 14.5. The predicted octanol–water partition coefficient (Wildman–Crippen LogP) is 1.92. The molecule has 19 heavy (non-hydrogen) atoms. The fourth-order valence-corrected chi connectivity index (χ4v) is 2.95. The first-order valence-electron chi connectivity index (χ1n) is 6.60. The summed E-state index contributed by atoms with van der Waals surface area (Å²) in [4.78, 5) is 0.370. The molecule has 1 aliphatic heterocycles. The summed E-state index contributed by atoms with van der Waals surface area (Å²) in [6.45, 7) is 3.74. The van der Waals surface area contributed by atoms with Crippen molar-refractivity contribution in [3.63, 3.8) is 0 Å². The maximum Gasteiger partial charge on any atom is 0.175 e. The summed E-state index contributed by atoms with van der Waals surface area (Å²) in [6, 6.07) is 7.82. The first-order chi connectivity index (χ1) is 8.97. The second-order valence-electron chi connectivity index (χ2n) is 5.12. The van der Waals surface area contributed by atoms with Crippen LogP contribution < -0.4 is 5.32 Å². The van der Waals surface area contributed by atoms with Crippen LogP contribution in [-0.4, -0.2) is 33.9 Å². The van der Waals surface area contributed by atoms with Gasteiger partial charge in [0.15, 0.2) is 9.84 Å². The zero-order valence-electron chi connectivity index (χ0n) is 11.4. The molecule has 1 N–H and O–H groups in total. The lowest BCUT2D eigenvalue weighted by atomic mass is 10.0. The number of benzene rings is 1. The zero-order chi connectivity index (χ0) is 13.9. The lowest BCUT2D eigenvalue weighted by Gasteiger charge is -2.27. The van der Waals surface area contributed by atoms with Crippen LogP contribution in [0.2, 0.25) is 0 Å². The van der Waals surface area contributed by atoms with Gasteiger partial charge in [0.1, 0.15) is 0 Å². The fraction of sp³-hybridized carbons (Fsp3) is 0.571. The Balaban J connectivity index is 2.01. The van der Waals surface area contributed by atoms with E-state index in [1.54, 1.807) is 12.1 Å². The molecule has 2 rings (SSSR count). The number of nitrogens with one attached hydrogen (secondary N) is 1. The van der Waals surface area contributed by atoms with E-state index in [0.29, 0.717) is 10.9 Å². The lowest BCUT2D eigenvalue weighted by Crippen LogP contribution is -2.36. The van der Waals surface area contributed by atoms with Crippen molar-refractivity contribution in [2.75, 3.05) is 19.5 Å². The van der Waals surface area contributed by atoms with Crippen molar-refractivity contribution in [2.24, 2.45) is 0 Å². The zero-order valence-corrected chi connectivity index (χ0v) is 12.2. The molecule has 1 heterocycles. The number of ether oxygens (including phenoxy) is 1. The standard InChI is InChI=1S/C14H21NO3S/c1-11(15-13-7-9-18-10-8-13)12-3-5-14(6-4-12)19(2,16)17/h3-6,11,13,15H,7-10H2,1-2H3. The van der Waals surface area contributed by atoms with Crippen molar-refractivity contribution in [1.82, 2.24) is 5.32 Å². The minimum Gasteiger partial charge on any atom is -0.381 e. The molecule has 1 unspecified atom stereocenters. The van der Waals surface area contributed by atoms with Crippen LogP contribution in [0.1, 0.15) is 31.4 Å². The highest BCUT2D eigenvalue weighted by Crippen LogP contribution is 2.18. The van der Waals surface area contributed by atoms with Gasteiger partial charge in [-0.3, -0.25) is 0 Å². The number of rotatable bonds is 4. The van der Waals surface area contributed by atoms with E-state index in [2.05, 4.69) is 12.2 Å². The molecular weight excluding hydrogens is 262 g/mol. The maximum atomic E-state index is 11.4. The normalized spacial score (nSPS) is 19.3. The highest BCUT2D eigenvalue weighted by molar-refractivity contribution is 7.90. The monoisotopic (exact) mass is 283 g/mol. The molecule has 0 saturated carbocycles. The van der Waals surface area contributed by atoms with Gasteiger partial charge in [0.25, 0.3) is 0 Å². The Morgan fingerprint density at radius 3 is 2.32 bits per heavy atom. The summed E-state index contributed by atoms with van der Waals surface area (Å²) in [5.41, 5.74) is 1.11. The van der Waals surface area contributed by atoms with Gasteiger partial charge in [-0.25, -0.2) is 8.42 Å². The van der Waals surface area contributed by atoms with Crippen molar-refractivity contribution < 1.29 is 13.2 Å². The van der Waals surface area contributed by atoms with Crippen LogP contribution in [0.5, 0.6) is 0 Å². The average Bonchev–Trinajstić information content (AvgIpc) is 2.39. The van der Waals surface area contributed by atoms with E-state index in [9.17, 15) is 8.42 Å². The quantitative estimate of drug-likeness (QED) is 0.917. The summed E-state index contributed by atoms with van der Waals surface area (Å²) in [7, 11) is -3.11. The molecule has 1 aromatic carbocycles. The Hall–Kier alpha value is -0.910. The van der Waals surface area contributed by atoms with Crippen LogP contribution in [0.3, 0.4) is 0 Å². The molecule has 1 saturated heterocycles. The number of hydrogen-bond acceptors (Lipinski definition) is 4. The highest BCUT2D eigenvalue weighted by atomic mass is 32.2. The highest BCUT2D eigenvalue weighted by Gasteiger charge is 2.17. The van der Waals surface area contributed by atoms with Gasteiger partial charge in [-0.1, -0.05) is 12.1 Å². The summed E-state index contributed by atoms with van der Waals surface area (Å²) < 4.78 is 28.1. The Morgan fingerprint density at radius 1 is 1.21 bits per heavy atom. The van der Waals surface area contributed by atoms with Crippen LogP contribution in [0.15, 0.2) is 29.2 Å². The van der Waals surface area contributed by atoms with E-state index >= 15 is 0 Å². The van der Waals surface area contributed by atoms with Gasteiger partial charge in [-0.2, -0.15) is 0 Å². The molecule has 1 aromatic rings. The van der Waals surface area contributed by atoms with Crippen LogP contribution in [0.4, 0.5) is 0 Å². The predicted molar refractivity (Wildman–Crippen MR) is 74.9 cm³/mol. The Bertz CT molecular complexity index is 504. The van der Waals surface area contributed by atoms with Gasteiger partial charge in [0, 0.05) is 31.6 Å². The van der Waals surface area contributed by atoms with Gasteiger partial charge in [0.05, 0.1) is 4.90 Å². The van der Waals surface area contributed by atoms with E-state index in [4.69, 9.17) is 4.74 Å². The minimum absolute atomic E-state index is 0.219. The van der Waals surface area contributed by atoms with E-state index in [1.807, 2.05) is 12.1 Å². The third-order valence-corrected chi connectivity index (χ3v) is 4.64. The molecule has 0 bridgehead atoms. The molecular formula is C14H21NO3S. The molecule has 4 nitrogen and oxygen atoms in total. The molecule has 1 aliphatic rings. The van der Waals surface area contributed by atoms with Gasteiger partial charge in [-0.15, -0.1) is 0 Å². The van der Waals surface area contributed by atoms with Crippen molar-refractivity contribution >= 4 is 9.84 Å². The second-order valence-corrected chi connectivity index (χ2v) is 7.13. The van der Waals surface area contributed by atoms with Crippen molar-refractivity contribution in [1.29, 1.82) is 0 Å². The molecule has 0 spiro atoms. The summed E-state index contributed by atoms with van der Waals surface area (Å²) in [5.74, 6) is 0. The Labute approximate surface area is 115 Å².